The lowest BCUT2D eigenvalue weighted by molar-refractivity contribution is -0.137. The van der Waals surface area contributed by atoms with Gasteiger partial charge in [0.25, 0.3) is 11.8 Å². The second-order valence-electron chi connectivity index (χ2n) is 10.7. The van der Waals surface area contributed by atoms with Crippen LogP contribution in [0.2, 0.25) is 0 Å². The van der Waals surface area contributed by atoms with E-state index in [0.717, 1.165) is 17.7 Å². The highest BCUT2D eigenvalue weighted by atomic mass is 16.5. The zero-order chi connectivity index (χ0) is 30.2. The molecule has 224 valence electrons. The molecular formula is C32H35N5O6. The zero-order valence-corrected chi connectivity index (χ0v) is 23.8. The Morgan fingerprint density at radius 2 is 1.79 bits per heavy atom. The van der Waals surface area contributed by atoms with Crippen LogP contribution in [0.25, 0.3) is 0 Å². The second-order valence-corrected chi connectivity index (χ2v) is 10.7. The first-order chi connectivity index (χ1) is 20.9. The molecule has 3 amide bonds. The van der Waals surface area contributed by atoms with Crippen molar-refractivity contribution in [2.75, 3.05) is 43.0 Å². The second kappa shape index (κ2) is 13.9. The fourth-order valence-electron chi connectivity index (χ4n) is 5.38. The molecule has 2 atom stereocenters. The molecule has 1 aromatic heterocycles. The number of amides is 3. The van der Waals surface area contributed by atoms with Gasteiger partial charge in [-0.2, -0.15) is 0 Å². The molecule has 0 bridgehead atoms. The molecule has 5 rings (SSSR count). The van der Waals surface area contributed by atoms with E-state index >= 15 is 0 Å². The minimum atomic E-state index is -1.06. The Bertz CT molecular complexity index is 1440. The number of piperazine rings is 1. The highest BCUT2D eigenvalue weighted by Crippen LogP contribution is 2.30. The Balaban J connectivity index is 1.32. The van der Waals surface area contributed by atoms with E-state index in [-0.39, 0.29) is 23.8 Å². The van der Waals surface area contributed by atoms with E-state index < -0.39 is 24.0 Å². The SMILES string of the molecule is O=C(O)CC(NC(=O)c1ccc(N2CCN(C(=O)Cc3ccccc3)CC2)c(NC(=O)C2CCCO2)c1)c1cccnc1. The van der Waals surface area contributed by atoms with E-state index in [1.165, 1.54) is 6.20 Å². The molecule has 0 spiro atoms. The topological polar surface area (TPSA) is 141 Å². The number of aliphatic carboxylic acids is 1. The Kier molecular flexibility index (Phi) is 9.63. The van der Waals surface area contributed by atoms with Gasteiger partial charge in [-0.1, -0.05) is 36.4 Å². The number of anilines is 2. The molecule has 0 radical (unpaired) electrons. The van der Waals surface area contributed by atoms with Gasteiger partial charge < -0.3 is 30.3 Å². The van der Waals surface area contributed by atoms with E-state index in [9.17, 15) is 24.3 Å². The van der Waals surface area contributed by atoms with Crippen molar-refractivity contribution in [2.24, 2.45) is 0 Å². The summed E-state index contributed by atoms with van der Waals surface area (Å²) < 4.78 is 5.57. The van der Waals surface area contributed by atoms with Crippen LogP contribution in [0.4, 0.5) is 11.4 Å². The van der Waals surface area contributed by atoms with Crippen LogP contribution in [-0.4, -0.2) is 77.6 Å². The van der Waals surface area contributed by atoms with E-state index in [4.69, 9.17) is 4.74 Å². The lowest BCUT2D eigenvalue weighted by atomic mass is 10.0. The summed E-state index contributed by atoms with van der Waals surface area (Å²) in [6.07, 6.45) is 3.97. The molecule has 2 aliphatic rings. The Hall–Kier alpha value is -4.77. The number of nitrogens with zero attached hydrogens (tertiary/aromatic N) is 3. The standard InChI is InChI=1S/C32H35N5O6/c38-29(18-22-6-2-1-3-7-22)37-15-13-36(14-16-37)27-11-10-23(19-26(27)35-32(42)28-9-5-17-43-28)31(41)34-25(20-30(39)40)24-8-4-12-33-21-24/h1-4,6-8,10-12,19,21,25,28H,5,9,13-18,20H2,(H,34,41)(H,35,42)(H,39,40). The van der Waals surface area contributed by atoms with Crippen molar-refractivity contribution in [3.8, 4) is 0 Å². The monoisotopic (exact) mass is 585 g/mol. The van der Waals surface area contributed by atoms with E-state index in [1.54, 1.807) is 36.5 Å². The first-order valence-electron chi connectivity index (χ1n) is 14.4. The maximum Gasteiger partial charge on any atom is 0.305 e. The van der Waals surface area contributed by atoms with Crippen molar-refractivity contribution in [1.82, 2.24) is 15.2 Å². The molecule has 2 aromatic carbocycles. The summed E-state index contributed by atoms with van der Waals surface area (Å²) in [6.45, 7) is 2.67. The van der Waals surface area contributed by atoms with Gasteiger partial charge in [-0.3, -0.25) is 24.2 Å². The number of pyridine rings is 1. The molecule has 2 fully saturated rings. The van der Waals surface area contributed by atoms with Crippen molar-refractivity contribution in [1.29, 1.82) is 0 Å². The third-order valence-electron chi connectivity index (χ3n) is 7.68. The number of hydrogen-bond donors (Lipinski definition) is 3. The van der Waals surface area contributed by atoms with Crippen molar-refractivity contribution in [3.05, 3.63) is 89.7 Å². The normalized spacial score (nSPS) is 17.3. The number of carbonyl (C=O) groups is 4. The summed E-state index contributed by atoms with van der Waals surface area (Å²) >= 11 is 0. The van der Waals surface area contributed by atoms with Gasteiger partial charge in [0.2, 0.25) is 5.91 Å². The Morgan fingerprint density at radius 3 is 2.47 bits per heavy atom. The molecule has 2 aliphatic heterocycles. The van der Waals surface area contributed by atoms with Crippen LogP contribution in [0.15, 0.2) is 73.1 Å². The van der Waals surface area contributed by atoms with Crippen molar-refractivity contribution < 1.29 is 29.0 Å². The van der Waals surface area contributed by atoms with Crippen LogP contribution in [-0.2, 0) is 25.5 Å². The predicted molar refractivity (Wildman–Crippen MR) is 160 cm³/mol. The van der Waals surface area contributed by atoms with Crippen molar-refractivity contribution in [2.45, 2.75) is 37.8 Å². The van der Waals surface area contributed by atoms with E-state index in [1.807, 2.05) is 35.2 Å². The van der Waals surface area contributed by atoms with Crippen molar-refractivity contribution >= 4 is 35.1 Å². The molecular weight excluding hydrogens is 550 g/mol. The molecule has 2 unspecified atom stereocenters. The summed E-state index contributed by atoms with van der Waals surface area (Å²) in [6, 6.07) is 17.3. The quantitative estimate of drug-likeness (QED) is 0.330. The maximum atomic E-state index is 13.3. The van der Waals surface area contributed by atoms with Gasteiger partial charge in [0.15, 0.2) is 0 Å². The third-order valence-corrected chi connectivity index (χ3v) is 7.68. The fraction of sp³-hybridized carbons (Fsp3) is 0.344. The van der Waals surface area contributed by atoms with Crippen LogP contribution < -0.4 is 15.5 Å². The fourth-order valence-corrected chi connectivity index (χ4v) is 5.38. The molecule has 3 heterocycles. The van der Waals surface area contributed by atoms with Gasteiger partial charge in [-0.15, -0.1) is 0 Å². The predicted octanol–water partition coefficient (Wildman–Crippen LogP) is 3.04. The highest BCUT2D eigenvalue weighted by Gasteiger charge is 2.28. The number of nitrogens with one attached hydrogen (secondary N) is 2. The van der Waals surface area contributed by atoms with Crippen LogP contribution in [0.1, 0.15) is 46.8 Å². The number of benzene rings is 2. The summed E-state index contributed by atoms with van der Waals surface area (Å²) in [5, 5.41) is 15.2. The van der Waals surface area contributed by atoms with Crippen LogP contribution in [0, 0.1) is 0 Å². The van der Waals surface area contributed by atoms with Gasteiger partial charge in [0.05, 0.1) is 30.3 Å². The Morgan fingerprint density at radius 1 is 1.00 bits per heavy atom. The number of hydrogen-bond acceptors (Lipinski definition) is 7. The van der Waals surface area contributed by atoms with Gasteiger partial charge in [-0.05, 0) is 48.2 Å². The average molecular weight is 586 g/mol. The number of carboxylic acid groups (broad SMARTS) is 1. The molecule has 0 saturated carbocycles. The van der Waals surface area contributed by atoms with Crippen LogP contribution in [0.5, 0.6) is 0 Å². The minimum absolute atomic E-state index is 0.0642. The lowest BCUT2D eigenvalue weighted by Crippen LogP contribution is -2.49. The van der Waals surface area contributed by atoms with Gasteiger partial charge in [0.1, 0.15) is 6.10 Å². The minimum Gasteiger partial charge on any atom is -0.481 e. The number of aromatic nitrogens is 1. The molecule has 2 saturated heterocycles. The van der Waals surface area contributed by atoms with Crippen molar-refractivity contribution in [3.63, 3.8) is 0 Å². The molecule has 3 aromatic rings. The number of carboxylic acids is 1. The lowest BCUT2D eigenvalue weighted by Gasteiger charge is -2.37. The average Bonchev–Trinajstić information content (AvgIpc) is 3.57. The summed E-state index contributed by atoms with van der Waals surface area (Å²) in [7, 11) is 0. The van der Waals surface area contributed by atoms with Gasteiger partial charge >= 0.3 is 5.97 Å². The zero-order valence-electron chi connectivity index (χ0n) is 23.8. The third kappa shape index (κ3) is 7.75. The maximum absolute atomic E-state index is 13.3. The molecule has 11 heteroatoms. The van der Waals surface area contributed by atoms with E-state index in [0.29, 0.717) is 56.9 Å². The Labute approximate surface area is 249 Å². The molecule has 43 heavy (non-hydrogen) atoms. The smallest absolute Gasteiger partial charge is 0.305 e. The first-order valence-corrected chi connectivity index (χ1v) is 14.4. The van der Waals surface area contributed by atoms with Crippen LogP contribution in [0.3, 0.4) is 0 Å². The van der Waals surface area contributed by atoms with E-state index in [2.05, 4.69) is 20.5 Å². The highest BCUT2D eigenvalue weighted by molar-refractivity contribution is 6.01. The number of rotatable bonds is 10. The summed E-state index contributed by atoms with van der Waals surface area (Å²) in [4.78, 5) is 58.8. The molecule has 11 nitrogen and oxygen atoms in total. The number of carbonyl (C=O) groups excluding carboxylic acids is 3. The molecule has 0 aliphatic carbocycles. The van der Waals surface area contributed by atoms with Crippen LogP contribution >= 0.6 is 0 Å². The molecule has 3 N–H and O–H groups in total. The first kappa shape index (κ1) is 29.7. The van der Waals surface area contributed by atoms with Gasteiger partial charge in [-0.25, -0.2) is 0 Å². The largest absolute Gasteiger partial charge is 0.481 e. The van der Waals surface area contributed by atoms with Gasteiger partial charge in [0, 0.05) is 50.7 Å². The summed E-state index contributed by atoms with van der Waals surface area (Å²) in [5.41, 5.74) is 2.99. The summed E-state index contributed by atoms with van der Waals surface area (Å²) in [5.74, 6) is -1.76. The number of ether oxygens (including phenoxy) is 1.